The van der Waals surface area contributed by atoms with E-state index in [1.54, 1.807) is 4.31 Å². The molecule has 1 saturated carbocycles. The predicted octanol–water partition coefficient (Wildman–Crippen LogP) is 1.19. The molecule has 0 radical (unpaired) electrons. The predicted molar refractivity (Wildman–Crippen MR) is 69.4 cm³/mol. The summed E-state index contributed by atoms with van der Waals surface area (Å²) in [4.78, 5) is 0. The first-order chi connectivity index (χ1) is 8.13. The van der Waals surface area contributed by atoms with E-state index in [0.29, 0.717) is 11.7 Å². The molecule has 4 nitrogen and oxygen atoms in total. The molecule has 0 spiro atoms. The van der Waals surface area contributed by atoms with Gasteiger partial charge in [-0.05, 0) is 38.1 Å². The molecular weight excluding hydrogens is 236 g/mol. The molecule has 1 unspecified atom stereocenters. The van der Waals surface area contributed by atoms with Crippen LogP contribution in [0.3, 0.4) is 0 Å². The standard InChI is InChI=1S/C12H24N2O2S/c1-2-13-9-12-5-3-4-8-14(12)17(15,16)10-11-6-7-11/h11-13H,2-10H2,1H3. The quantitative estimate of drug-likeness (QED) is 0.780. The number of piperidine rings is 1. The van der Waals surface area contributed by atoms with E-state index in [1.807, 2.05) is 0 Å². The zero-order chi connectivity index (χ0) is 12.3. The highest BCUT2D eigenvalue weighted by molar-refractivity contribution is 7.89. The van der Waals surface area contributed by atoms with Crippen LogP contribution >= 0.6 is 0 Å². The van der Waals surface area contributed by atoms with E-state index >= 15 is 0 Å². The van der Waals surface area contributed by atoms with Gasteiger partial charge in [0, 0.05) is 19.1 Å². The molecule has 100 valence electrons. The Hall–Kier alpha value is -0.130. The summed E-state index contributed by atoms with van der Waals surface area (Å²) in [5, 5.41) is 3.28. The summed E-state index contributed by atoms with van der Waals surface area (Å²) in [5.74, 6) is 0.831. The van der Waals surface area contributed by atoms with Gasteiger partial charge in [-0.1, -0.05) is 13.3 Å². The molecule has 1 aliphatic heterocycles. The van der Waals surface area contributed by atoms with Crippen molar-refractivity contribution in [2.75, 3.05) is 25.4 Å². The third-order valence-electron chi connectivity index (χ3n) is 3.70. The molecule has 17 heavy (non-hydrogen) atoms. The van der Waals surface area contributed by atoms with Crippen molar-refractivity contribution in [1.82, 2.24) is 9.62 Å². The molecule has 2 aliphatic rings. The number of sulfonamides is 1. The van der Waals surface area contributed by atoms with E-state index in [0.717, 1.165) is 51.7 Å². The highest BCUT2D eigenvalue weighted by Crippen LogP contribution is 2.32. The van der Waals surface area contributed by atoms with Gasteiger partial charge in [0.25, 0.3) is 0 Å². The van der Waals surface area contributed by atoms with Gasteiger partial charge in [0.2, 0.25) is 10.0 Å². The molecule has 0 bridgehead atoms. The van der Waals surface area contributed by atoms with E-state index < -0.39 is 10.0 Å². The van der Waals surface area contributed by atoms with Crippen LogP contribution in [0.4, 0.5) is 0 Å². The second kappa shape index (κ2) is 5.67. The van der Waals surface area contributed by atoms with E-state index in [9.17, 15) is 8.42 Å². The number of likely N-dealkylation sites (N-methyl/N-ethyl adjacent to an activating group) is 1. The van der Waals surface area contributed by atoms with Crippen LogP contribution in [0.2, 0.25) is 0 Å². The minimum Gasteiger partial charge on any atom is -0.315 e. The Kier molecular flexibility index (Phi) is 4.44. The highest BCUT2D eigenvalue weighted by atomic mass is 32.2. The Morgan fingerprint density at radius 3 is 2.65 bits per heavy atom. The van der Waals surface area contributed by atoms with Crippen molar-refractivity contribution in [1.29, 1.82) is 0 Å². The molecule has 0 amide bonds. The lowest BCUT2D eigenvalue weighted by Crippen LogP contribution is -2.49. The van der Waals surface area contributed by atoms with Crippen LogP contribution < -0.4 is 5.32 Å². The molecule has 2 rings (SSSR count). The minimum absolute atomic E-state index is 0.187. The zero-order valence-electron chi connectivity index (χ0n) is 10.7. The van der Waals surface area contributed by atoms with Gasteiger partial charge in [0.05, 0.1) is 5.75 Å². The van der Waals surface area contributed by atoms with Crippen LogP contribution in [0.25, 0.3) is 0 Å². The van der Waals surface area contributed by atoms with Crippen molar-refractivity contribution < 1.29 is 8.42 Å². The molecule has 1 atom stereocenters. The molecule has 0 aromatic rings. The fourth-order valence-electron chi connectivity index (χ4n) is 2.53. The lowest BCUT2D eigenvalue weighted by Gasteiger charge is -2.34. The van der Waals surface area contributed by atoms with Crippen molar-refractivity contribution in [2.45, 2.75) is 45.1 Å². The lowest BCUT2D eigenvalue weighted by molar-refractivity contribution is 0.246. The van der Waals surface area contributed by atoms with Gasteiger partial charge >= 0.3 is 0 Å². The van der Waals surface area contributed by atoms with Crippen molar-refractivity contribution in [3.63, 3.8) is 0 Å². The van der Waals surface area contributed by atoms with E-state index in [-0.39, 0.29) is 6.04 Å². The highest BCUT2D eigenvalue weighted by Gasteiger charge is 2.36. The molecule has 0 aromatic heterocycles. The number of nitrogens with one attached hydrogen (secondary N) is 1. The first-order valence-corrected chi connectivity index (χ1v) is 8.44. The summed E-state index contributed by atoms with van der Waals surface area (Å²) >= 11 is 0. The normalized spacial score (nSPS) is 27.2. The van der Waals surface area contributed by atoms with E-state index in [4.69, 9.17) is 0 Å². The minimum atomic E-state index is -3.01. The van der Waals surface area contributed by atoms with Gasteiger partial charge in [-0.25, -0.2) is 8.42 Å². The maximum absolute atomic E-state index is 12.3. The second-order valence-corrected chi connectivity index (χ2v) is 7.26. The Labute approximate surface area is 105 Å². The SMILES string of the molecule is CCNCC1CCCCN1S(=O)(=O)CC1CC1. The summed E-state index contributed by atoms with van der Waals surface area (Å²) in [7, 11) is -3.01. The summed E-state index contributed by atoms with van der Waals surface area (Å²) < 4.78 is 26.4. The molecule has 1 heterocycles. The Morgan fingerprint density at radius 1 is 1.24 bits per heavy atom. The third kappa shape index (κ3) is 3.66. The smallest absolute Gasteiger partial charge is 0.214 e. The van der Waals surface area contributed by atoms with Crippen LogP contribution in [0.5, 0.6) is 0 Å². The molecule has 5 heteroatoms. The molecule has 1 aliphatic carbocycles. The van der Waals surface area contributed by atoms with Crippen molar-refractivity contribution >= 4 is 10.0 Å². The largest absolute Gasteiger partial charge is 0.315 e. The summed E-state index contributed by atoms with van der Waals surface area (Å²) in [6.45, 7) is 4.50. The van der Waals surface area contributed by atoms with Gasteiger partial charge < -0.3 is 5.32 Å². The van der Waals surface area contributed by atoms with Crippen LogP contribution in [-0.4, -0.2) is 44.2 Å². The molecular formula is C12H24N2O2S. The van der Waals surface area contributed by atoms with Crippen molar-refractivity contribution in [3.8, 4) is 0 Å². The Bertz CT molecular complexity index is 338. The lowest BCUT2D eigenvalue weighted by atomic mass is 10.1. The summed E-state index contributed by atoms with van der Waals surface area (Å²) in [6, 6.07) is 0.187. The van der Waals surface area contributed by atoms with Crippen LogP contribution in [-0.2, 0) is 10.0 Å². The van der Waals surface area contributed by atoms with Crippen LogP contribution in [0.1, 0.15) is 39.0 Å². The maximum atomic E-state index is 12.3. The number of nitrogens with zero attached hydrogens (tertiary/aromatic N) is 1. The van der Waals surface area contributed by atoms with Gasteiger partial charge in [0.1, 0.15) is 0 Å². The van der Waals surface area contributed by atoms with Gasteiger partial charge in [-0.3, -0.25) is 0 Å². The van der Waals surface area contributed by atoms with Crippen LogP contribution in [0.15, 0.2) is 0 Å². The second-order valence-electron chi connectivity index (χ2n) is 5.29. The Balaban J connectivity index is 1.98. The Morgan fingerprint density at radius 2 is 2.00 bits per heavy atom. The van der Waals surface area contributed by atoms with E-state index in [1.165, 1.54) is 0 Å². The third-order valence-corrected chi connectivity index (χ3v) is 5.79. The van der Waals surface area contributed by atoms with Crippen molar-refractivity contribution in [3.05, 3.63) is 0 Å². The molecule has 1 saturated heterocycles. The zero-order valence-corrected chi connectivity index (χ0v) is 11.5. The fourth-order valence-corrected chi connectivity index (χ4v) is 4.70. The van der Waals surface area contributed by atoms with Gasteiger partial charge in [-0.2, -0.15) is 4.31 Å². The van der Waals surface area contributed by atoms with E-state index in [2.05, 4.69) is 12.2 Å². The number of hydrogen-bond acceptors (Lipinski definition) is 3. The average Bonchev–Trinajstić information content (AvgIpc) is 3.10. The average molecular weight is 260 g/mol. The first-order valence-electron chi connectivity index (χ1n) is 6.83. The van der Waals surface area contributed by atoms with Gasteiger partial charge in [0.15, 0.2) is 0 Å². The topological polar surface area (TPSA) is 49.4 Å². The molecule has 2 fully saturated rings. The molecule has 1 N–H and O–H groups in total. The number of rotatable bonds is 6. The monoisotopic (exact) mass is 260 g/mol. The summed E-state index contributed by atoms with van der Waals surface area (Å²) in [5.41, 5.74) is 0. The summed E-state index contributed by atoms with van der Waals surface area (Å²) in [6.07, 6.45) is 5.39. The van der Waals surface area contributed by atoms with Crippen LogP contribution in [0, 0.1) is 5.92 Å². The first kappa shape index (κ1) is 13.3. The molecule has 0 aromatic carbocycles. The van der Waals surface area contributed by atoms with Gasteiger partial charge in [-0.15, -0.1) is 0 Å². The fraction of sp³-hybridized carbons (Fsp3) is 1.00. The van der Waals surface area contributed by atoms with Crippen molar-refractivity contribution in [2.24, 2.45) is 5.92 Å². The number of hydrogen-bond donors (Lipinski definition) is 1. The maximum Gasteiger partial charge on any atom is 0.214 e.